The van der Waals surface area contributed by atoms with E-state index >= 15 is 4.39 Å². The molecule has 10 nitrogen and oxygen atoms in total. The second kappa shape index (κ2) is 11.5. The molecule has 5 rings (SSSR count). The number of halogens is 3. The van der Waals surface area contributed by atoms with Crippen LogP contribution >= 0.6 is 0 Å². The molecule has 0 saturated carbocycles. The Kier molecular flexibility index (Phi) is 7.83. The average Bonchev–Trinajstić information content (AvgIpc) is 3.31. The van der Waals surface area contributed by atoms with Crippen LogP contribution in [0, 0.1) is 17.5 Å². The van der Waals surface area contributed by atoms with Crippen LogP contribution in [0.4, 0.5) is 30.6 Å². The van der Waals surface area contributed by atoms with Crippen LogP contribution in [0.1, 0.15) is 41.7 Å². The number of aliphatic hydroxyl groups is 1. The van der Waals surface area contributed by atoms with Gasteiger partial charge in [0.05, 0.1) is 23.2 Å². The Morgan fingerprint density at radius 2 is 1.80 bits per heavy atom. The van der Waals surface area contributed by atoms with Gasteiger partial charge in [0.2, 0.25) is 5.95 Å². The molecule has 0 unspecified atom stereocenters. The van der Waals surface area contributed by atoms with Gasteiger partial charge in [0.15, 0.2) is 5.82 Å². The zero-order valence-electron chi connectivity index (χ0n) is 22.1. The van der Waals surface area contributed by atoms with Crippen LogP contribution < -0.4 is 10.2 Å². The van der Waals surface area contributed by atoms with Crippen molar-refractivity contribution in [2.45, 2.75) is 32.2 Å². The maximum atomic E-state index is 15.2. The number of likely N-dealkylation sites (N-methyl/N-ethyl adjacent to an activating group) is 1. The maximum Gasteiger partial charge on any atom is 0.256 e. The first-order chi connectivity index (χ1) is 19.3. The summed E-state index contributed by atoms with van der Waals surface area (Å²) in [7, 11) is 1.37. The second-order valence-corrected chi connectivity index (χ2v) is 9.66. The molecule has 3 aromatic heterocycles. The van der Waals surface area contributed by atoms with Crippen molar-refractivity contribution in [3.63, 3.8) is 0 Å². The predicted molar refractivity (Wildman–Crippen MR) is 143 cm³/mol. The summed E-state index contributed by atoms with van der Waals surface area (Å²) < 4.78 is 46.7. The molecular weight excluding hydrogens is 525 g/mol. The molecule has 0 aliphatic carbocycles. The van der Waals surface area contributed by atoms with Crippen LogP contribution in [-0.4, -0.2) is 73.7 Å². The summed E-state index contributed by atoms with van der Waals surface area (Å²) in [5.41, 5.74) is 0.598. The van der Waals surface area contributed by atoms with E-state index in [0.29, 0.717) is 37.5 Å². The van der Waals surface area contributed by atoms with Crippen LogP contribution in [0.5, 0.6) is 0 Å². The molecule has 0 atom stereocenters. The van der Waals surface area contributed by atoms with Gasteiger partial charge in [0.1, 0.15) is 29.4 Å². The highest BCUT2D eigenvalue weighted by atomic mass is 19.1. The van der Waals surface area contributed by atoms with E-state index < -0.39 is 28.9 Å². The third kappa shape index (κ3) is 5.28. The van der Waals surface area contributed by atoms with Crippen LogP contribution in [0.3, 0.4) is 0 Å². The molecule has 210 valence electrons. The normalized spacial score (nSPS) is 14.1. The molecule has 0 spiro atoms. The number of carbonyl (C=O) groups is 1. The van der Waals surface area contributed by atoms with Crippen LogP contribution in [0.2, 0.25) is 0 Å². The number of fused-ring (bicyclic) bond motifs is 1. The van der Waals surface area contributed by atoms with Gasteiger partial charge in [-0.1, -0.05) is 6.92 Å². The van der Waals surface area contributed by atoms with Gasteiger partial charge < -0.3 is 24.8 Å². The monoisotopic (exact) mass is 554 g/mol. The molecule has 1 amide bonds. The van der Waals surface area contributed by atoms with Crippen LogP contribution in [-0.2, 0) is 6.42 Å². The van der Waals surface area contributed by atoms with Crippen molar-refractivity contribution in [1.82, 2.24) is 29.4 Å². The van der Waals surface area contributed by atoms with Gasteiger partial charge in [-0.15, -0.1) is 0 Å². The van der Waals surface area contributed by atoms with Gasteiger partial charge in [0.25, 0.3) is 5.91 Å². The molecule has 2 N–H and O–H groups in total. The first kappa shape index (κ1) is 27.3. The molecule has 1 aliphatic rings. The lowest BCUT2D eigenvalue weighted by molar-refractivity contribution is 0.0762. The zero-order chi connectivity index (χ0) is 28.4. The van der Waals surface area contributed by atoms with Gasteiger partial charge in [-0.3, -0.25) is 4.79 Å². The van der Waals surface area contributed by atoms with Crippen LogP contribution in [0.25, 0.3) is 11.0 Å². The Balaban J connectivity index is 1.36. The number of aryl methyl sites for hydroxylation is 1. The lowest BCUT2D eigenvalue weighted by Gasteiger charge is -2.32. The topological polar surface area (TPSA) is 112 Å². The number of benzene rings is 1. The number of rotatable bonds is 8. The minimum Gasteiger partial charge on any atom is -0.395 e. The summed E-state index contributed by atoms with van der Waals surface area (Å²) in [6.07, 6.45) is 8.50. The van der Waals surface area contributed by atoms with Crippen molar-refractivity contribution in [2.75, 3.05) is 43.5 Å². The Morgan fingerprint density at radius 1 is 1.07 bits per heavy atom. The number of hydrogen-bond acceptors (Lipinski definition) is 8. The van der Waals surface area contributed by atoms with Crippen molar-refractivity contribution in [3.05, 3.63) is 65.6 Å². The number of hydrogen-bond donors (Lipinski definition) is 2. The standard InChI is InChI=1S/C27H29F3N8O2/c1-3-16-12-31-27(32-13-16)37-6-4-17(5-7-37)38-14-21(30)23-24(33-15-34-25(23)38)35-22-11-19(28)18(10-20(22)29)26(40)36(2)8-9-39/h10-15,17,39H,3-9H2,1-2H3,(H,33,34,35). The summed E-state index contributed by atoms with van der Waals surface area (Å²) in [5, 5.41) is 11.7. The fourth-order valence-electron chi connectivity index (χ4n) is 4.84. The van der Waals surface area contributed by atoms with Gasteiger partial charge >= 0.3 is 0 Å². The van der Waals surface area contributed by atoms with E-state index in [-0.39, 0.29) is 36.1 Å². The molecular formula is C27H29F3N8O2. The Bertz CT molecular complexity index is 1520. The van der Waals surface area contributed by atoms with E-state index in [9.17, 15) is 13.6 Å². The summed E-state index contributed by atoms with van der Waals surface area (Å²) >= 11 is 0. The van der Waals surface area contributed by atoms with Crippen molar-refractivity contribution in [3.8, 4) is 0 Å². The SMILES string of the molecule is CCc1cnc(N2CCC(n3cc(F)c4c(Nc5cc(F)c(C(=O)N(C)CCO)cc5F)ncnc43)CC2)nc1. The van der Waals surface area contributed by atoms with E-state index in [1.165, 1.54) is 19.6 Å². The Labute approximate surface area is 228 Å². The van der Waals surface area contributed by atoms with Gasteiger partial charge in [-0.05, 0) is 30.9 Å². The Morgan fingerprint density at radius 3 is 2.48 bits per heavy atom. The minimum absolute atomic E-state index is 0.0297. The van der Waals surface area contributed by atoms with Gasteiger partial charge in [0, 0.05) is 57.4 Å². The van der Waals surface area contributed by atoms with Gasteiger partial charge in [-0.25, -0.2) is 33.1 Å². The minimum atomic E-state index is -0.970. The molecule has 1 aliphatic heterocycles. The predicted octanol–water partition coefficient (Wildman–Crippen LogP) is 3.85. The summed E-state index contributed by atoms with van der Waals surface area (Å²) in [5.74, 6) is -2.64. The largest absolute Gasteiger partial charge is 0.395 e. The molecule has 1 fully saturated rings. The first-order valence-corrected chi connectivity index (χ1v) is 13.0. The van der Waals surface area contributed by atoms with E-state index in [2.05, 4.69) is 30.2 Å². The number of piperidine rings is 1. The third-order valence-electron chi connectivity index (χ3n) is 7.13. The highest BCUT2D eigenvalue weighted by Gasteiger charge is 2.26. The van der Waals surface area contributed by atoms with Crippen molar-refractivity contribution in [1.29, 1.82) is 0 Å². The molecule has 4 aromatic rings. The molecule has 1 saturated heterocycles. The molecule has 0 radical (unpaired) electrons. The van der Waals surface area contributed by atoms with E-state index in [1.54, 1.807) is 4.57 Å². The van der Waals surface area contributed by atoms with Crippen molar-refractivity contribution < 1.29 is 23.1 Å². The lowest BCUT2D eigenvalue weighted by atomic mass is 10.1. The number of aliphatic hydroxyl groups excluding tert-OH is 1. The van der Waals surface area contributed by atoms with E-state index in [0.717, 1.165) is 29.0 Å². The lowest BCUT2D eigenvalue weighted by Crippen LogP contribution is -2.35. The van der Waals surface area contributed by atoms with Crippen molar-refractivity contribution in [2.24, 2.45) is 0 Å². The zero-order valence-corrected chi connectivity index (χ0v) is 22.1. The highest BCUT2D eigenvalue weighted by Crippen LogP contribution is 2.34. The van der Waals surface area contributed by atoms with E-state index in [4.69, 9.17) is 5.11 Å². The van der Waals surface area contributed by atoms with Gasteiger partial charge in [-0.2, -0.15) is 0 Å². The second-order valence-electron chi connectivity index (χ2n) is 9.66. The average molecular weight is 555 g/mol. The molecule has 40 heavy (non-hydrogen) atoms. The number of aromatic nitrogens is 5. The maximum absolute atomic E-state index is 15.2. The molecule has 13 heteroatoms. The number of anilines is 3. The summed E-state index contributed by atoms with van der Waals surface area (Å²) in [6, 6.07) is 1.54. The van der Waals surface area contributed by atoms with Crippen LogP contribution in [0.15, 0.2) is 37.1 Å². The number of amides is 1. The first-order valence-electron chi connectivity index (χ1n) is 13.0. The number of carbonyl (C=O) groups excluding carboxylic acids is 1. The third-order valence-corrected chi connectivity index (χ3v) is 7.13. The highest BCUT2D eigenvalue weighted by molar-refractivity contribution is 5.95. The number of nitrogens with zero attached hydrogens (tertiary/aromatic N) is 7. The quantitative estimate of drug-likeness (QED) is 0.338. The molecule has 4 heterocycles. The Hall–Kier alpha value is -4.26. The fourth-order valence-corrected chi connectivity index (χ4v) is 4.84. The van der Waals surface area contributed by atoms with Crippen molar-refractivity contribution >= 4 is 34.4 Å². The summed E-state index contributed by atoms with van der Waals surface area (Å²) in [6.45, 7) is 3.05. The molecule has 0 bridgehead atoms. The number of nitrogens with one attached hydrogen (secondary N) is 1. The molecule has 1 aromatic carbocycles. The van der Waals surface area contributed by atoms with E-state index in [1.807, 2.05) is 19.3 Å². The summed E-state index contributed by atoms with van der Waals surface area (Å²) in [4.78, 5) is 32.8. The fraction of sp³-hybridized carbons (Fsp3) is 0.370. The smallest absolute Gasteiger partial charge is 0.256 e.